The number of nitrogens with zero attached hydrogens (tertiary/aromatic N) is 5. The summed E-state index contributed by atoms with van der Waals surface area (Å²) in [5.74, 6) is 0. The number of aromatic nitrogens is 2. The number of hydrogen-bond acceptors (Lipinski definition) is 6. The van der Waals surface area contributed by atoms with Crippen molar-refractivity contribution in [3.8, 4) is 10.4 Å². The van der Waals surface area contributed by atoms with Gasteiger partial charge in [-0.3, -0.25) is 14.3 Å². The van der Waals surface area contributed by atoms with Crippen LogP contribution in [0.2, 0.25) is 5.02 Å². The number of likely N-dealkylation sites (N-methyl/N-ethyl adjacent to an activating group) is 1. The fourth-order valence-corrected chi connectivity index (χ4v) is 7.11. The summed E-state index contributed by atoms with van der Waals surface area (Å²) in [5.41, 5.74) is 1.68. The summed E-state index contributed by atoms with van der Waals surface area (Å²) in [7, 11) is 1.93. The molecule has 10 heteroatoms. The molecule has 2 atom stereocenters. The van der Waals surface area contributed by atoms with Crippen LogP contribution in [-0.4, -0.2) is 88.8 Å². The molecule has 0 saturated carbocycles. The van der Waals surface area contributed by atoms with E-state index in [1.54, 1.807) is 10.9 Å². The Bertz CT molecular complexity index is 1340. The van der Waals surface area contributed by atoms with Gasteiger partial charge in [0.25, 0.3) is 5.56 Å². The van der Waals surface area contributed by atoms with E-state index in [1.165, 1.54) is 11.3 Å². The number of urea groups is 1. The summed E-state index contributed by atoms with van der Waals surface area (Å²) in [6.07, 6.45) is 5.56. The van der Waals surface area contributed by atoms with Gasteiger partial charge in [-0.1, -0.05) is 23.7 Å². The zero-order chi connectivity index (χ0) is 25.5. The zero-order valence-electron chi connectivity index (χ0n) is 21.0. The highest BCUT2D eigenvalue weighted by Gasteiger charge is 2.36. The maximum absolute atomic E-state index is 13.4. The molecule has 0 spiro atoms. The predicted molar refractivity (Wildman–Crippen MR) is 147 cm³/mol. The first-order valence-corrected chi connectivity index (χ1v) is 14.3. The third-order valence-corrected chi connectivity index (χ3v) is 9.58. The quantitative estimate of drug-likeness (QED) is 0.492. The fraction of sp³-hybridized carbons (Fsp3) is 0.519. The van der Waals surface area contributed by atoms with Crippen molar-refractivity contribution in [2.45, 2.75) is 43.8 Å². The Hall–Kier alpha value is -2.46. The summed E-state index contributed by atoms with van der Waals surface area (Å²) < 4.78 is 7.88. The molecule has 3 aliphatic rings. The van der Waals surface area contributed by atoms with E-state index in [0.717, 1.165) is 62.4 Å². The van der Waals surface area contributed by atoms with Crippen LogP contribution in [0.25, 0.3) is 20.7 Å². The van der Waals surface area contributed by atoms with Crippen molar-refractivity contribution < 1.29 is 9.53 Å². The van der Waals surface area contributed by atoms with E-state index < -0.39 is 0 Å². The van der Waals surface area contributed by atoms with Crippen LogP contribution in [0.3, 0.4) is 0 Å². The molecule has 3 saturated heterocycles. The molecule has 3 aromatic rings. The van der Waals surface area contributed by atoms with E-state index in [9.17, 15) is 9.59 Å². The first kappa shape index (κ1) is 24.9. The molecule has 3 fully saturated rings. The van der Waals surface area contributed by atoms with Crippen molar-refractivity contribution in [1.29, 1.82) is 0 Å². The van der Waals surface area contributed by atoms with Gasteiger partial charge in [0, 0.05) is 68.4 Å². The number of likely N-dealkylation sites (tertiary alicyclic amines) is 2. The van der Waals surface area contributed by atoms with Crippen molar-refractivity contribution >= 4 is 39.2 Å². The number of halogens is 1. The molecule has 0 bridgehead atoms. The highest BCUT2D eigenvalue weighted by atomic mass is 35.5. The van der Waals surface area contributed by atoms with Crippen LogP contribution in [0, 0.1) is 0 Å². The number of fused-ring (bicyclic) bond motifs is 1. The Morgan fingerprint density at radius 3 is 2.65 bits per heavy atom. The third-order valence-electron chi connectivity index (χ3n) is 8.17. The number of rotatable bonds is 4. The average Bonchev–Trinajstić information content (AvgIpc) is 3.69. The number of carbonyl (C=O) groups excluding carboxylic acids is 1. The molecular formula is C27H32ClN5O3S. The lowest BCUT2D eigenvalue weighted by atomic mass is 10.1. The van der Waals surface area contributed by atoms with Gasteiger partial charge < -0.3 is 14.5 Å². The van der Waals surface area contributed by atoms with Gasteiger partial charge in [-0.15, -0.1) is 11.3 Å². The molecule has 0 radical (unpaired) electrons. The van der Waals surface area contributed by atoms with Gasteiger partial charge in [0.05, 0.1) is 17.9 Å². The maximum Gasteiger partial charge on any atom is 0.320 e. The maximum atomic E-state index is 13.4. The van der Waals surface area contributed by atoms with Crippen LogP contribution in [-0.2, 0) is 4.74 Å². The summed E-state index contributed by atoms with van der Waals surface area (Å²) in [4.78, 5) is 38.7. The second-order valence-corrected chi connectivity index (χ2v) is 11.8. The van der Waals surface area contributed by atoms with Crippen LogP contribution >= 0.6 is 22.9 Å². The monoisotopic (exact) mass is 541 g/mol. The van der Waals surface area contributed by atoms with Gasteiger partial charge in [-0.05, 0) is 49.4 Å². The molecule has 37 heavy (non-hydrogen) atoms. The fourth-order valence-electron chi connectivity index (χ4n) is 5.93. The molecule has 0 aliphatic carbocycles. The van der Waals surface area contributed by atoms with Crippen LogP contribution in [0.1, 0.15) is 31.7 Å². The van der Waals surface area contributed by atoms with Crippen LogP contribution in [0.15, 0.2) is 41.5 Å². The van der Waals surface area contributed by atoms with Gasteiger partial charge in [-0.25, -0.2) is 9.78 Å². The number of ether oxygens (including phenoxy) is 1. The van der Waals surface area contributed by atoms with Gasteiger partial charge in [-0.2, -0.15) is 0 Å². The summed E-state index contributed by atoms with van der Waals surface area (Å²) in [6, 6.07) is 10.4. The first-order chi connectivity index (χ1) is 18.0. The Morgan fingerprint density at radius 1 is 1.08 bits per heavy atom. The minimum atomic E-state index is -0.0647. The Labute approximate surface area is 225 Å². The number of benzene rings is 1. The smallest absolute Gasteiger partial charge is 0.320 e. The largest absolute Gasteiger partial charge is 0.381 e. The van der Waals surface area contributed by atoms with E-state index in [0.29, 0.717) is 34.4 Å². The van der Waals surface area contributed by atoms with Crippen LogP contribution < -0.4 is 5.56 Å². The number of thiophene rings is 1. The number of hydrogen-bond donors (Lipinski definition) is 0. The lowest BCUT2D eigenvalue weighted by Crippen LogP contribution is -2.47. The van der Waals surface area contributed by atoms with Gasteiger partial charge >= 0.3 is 6.03 Å². The molecule has 1 aromatic carbocycles. The second-order valence-electron chi connectivity index (χ2n) is 10.4. The molecule has 2 amide bonds. The molecule has 8 nitrogen and oxygen atoms in total. The lowest BCUT2D eigenvalue weighted by molar-refractivity contribution is 0.0402. The standard InChI is InChI=1S/C27H32ClN5O3S/c1-30(21-6-10-31(15-21)20-8-12-36-13-9-20)27(35)32-11-7-22(16-32)33-17-29-23-14-24(37-25(23)26(33)34)18-2-4-19(28)5-3-18/h2-5,14,17,20-22H,6-13,15-16H2,1H3/t21-,22+/m1/s1. The summed E-state index contributed by atoms with van der Waals surface area (Å²) in [6.45, 7) is 4.82. The third kappa shape index (κ3) is 4.90. The van der Waals surface area contributed by atoms with Gasteiger partial charge in [0.1, 0.15) is 4.70 Å². The lowest BCUT2D eigenvalue weighted by Gasteiger charge is -2.33. The highest BCUT2D eigenvalue weighted by Crippen LogP contribution is 2.32. The van der Waals surface area contributed by atoms with E-state index >= 15 is 0 Å². The predicted octanol–water partition coefficient (Wildman–Crippen LogP) is 4.33. The molecule has 0 unspecified atom stereocenters. The van der Waals surface area contributed by atoms with Gasteiger partial charge in [0.2, 0.25) is 0 Å². The zero-order valence-corrected chi connectivity index (χ0v) is 22.6. The summed E-state index contributed by atoms with van der Waals surface area (Å²) >= 11 is 7.48. The van der Waals surface area contributed by atoms with Gasteiger partial charge in [0.15, 0.2) is 0 Å². The normalized spacial score (nSPS) is 23.2. The van der Waals surface area contributed by atoms with Crippen molar-refractivity contribution in [2.75, 3.05) is 46.4 Å². The molecule has 5 heterocycles. The molecule has 196 valence electrons. The molecule has 3 aliphatic heterocycles. The second kappa shape index (κ2) is 10.4. The van der Waals surface area contributed by atoms with Crippen molar-refractivity contribution in [2.24, 2.45) is 0 Å². The number of amides is 2. The van der Waals surface area contributed by atoms with Crippen LogP contribution in [0.5, 0.6) is 0 Å². The summed E-state index contributed by atoms with van der Waals surface area (Å²) in [5, 5.41) is 0.681. The molecule has 6 rings (SSSR count). The first-order valence-electron chi connectivity index (χ1n) is 13.1. The van der Waals surface area contributed by atoms with Crippen molar-refractivity contribution in [3.05, 3.63) is 52.0 Å². The highest BCUT2D eigenvalue weighted by molar-refractivity contribution is 7.22. The average molecular weight is 542 g/mol. The minimum Gasteiger partial charge on any atom is -0.381 e. The topological polar surface area (TPSA) is 70.9 Å². The Morgan fingerprint density at radius 2 is 1.86 bits per heavy atom. The molecular weight excluding hydrogens is 510 g/mol. The van der Waals surface area contributed by atoms with Crippen LogP contribution in [0.4, 0.5) is 4.79 Å². The van der Waals surface area contributed by atoms with E-state index in [1.807, 2.05) is 47.2 Å². The van der Waals surface area contributed by atoms with E-state index in [4.69, 9.17) is 16.3 Å². The molecule has 2 aromatic heterocycles. The van der Waals surface area contributed by atoms with E-state index in [-0.39, 0.29) is 23.7 Å². The molecule has 0 N–H and O–H groups in total. The van der Waals surface area contributed by atoms with E-state index in [2.05, 4.69) is 9.88 Å². The Balaban J connectivity index is 1.12. The van der Waals surface area contributed by atoms with Crippen molar-refractivity contribution in [3.63, 3.8) is 0 Å². The number of carbonyl (C=O) groups is 1. The minimum absolute atomic E-state index is 0.0363. The SMILES string of the molecule is CN(C(=O)N1CC[C@H](n2cnc3cc(-c4ccc(Cl)cc4)sc3c2=O)C1)[C@@H]1CCN(C2CCOCC2)C1. The van der Waals surface area contributed by atoms with Crippen molar-refractivity contribution in [1.82, 2.24) is 24.3 Å². The Kier molecular flexibility index (Phi) is 6.96.